The Bertz CT molecular complexity index is 598. The molecule has 2 rings (SSSR count). The number of nitrogens with one attached hydrogen (secondary N) is 1. The summed E-state index contributed by atoms with van der Waals surface area (Å²) in [5, 5.41) is 2.51. The van der Waals surface area contributed by atoms with Gasteiger partial charge in [-0.05, 0) is 26.0 Å². The van der Waals surface area contributed by atoms with Crippen molar-refractivity contribution in [1.82, 2.24) is 10.2 Å². The highest BCUT2D eigenvalue weighted by atomic mass is 16.2. The highest BCUT2D eigenvalue weighted by Crippen LogP contribution is 2.26. The minimum Gasteiger partial charge on any atom is -0.358 e. The molecule has 1 aromatic rings. The highest BCUT2D eigenvalue weighted by Gasteiger charge is 2.37. The van der Waals surface area contributed by atoms with Crippen LogP contribution in [0.3, 0.4) is 0 Å². The number of likely N-dealkylation sites (N-methyl/N-ethyl adjacent to an activating group) is 2. The normalized spacial score (nSPS) is 17.3. The Hall–Kier alpha value is -2.37. The number of aryl methyl sites for hydroxylation is 1. The molecule has 0 saturated carbocycles. The van der Waals surface area contributed by atoms with Gasteiger partial charge in [0.15, 0.2) is 0 Å². The summed E-state index contributed by atoms with van der Waals surface area (Å²) < 4.78 is 0. The van der Waals surface area contributed by atoms with Crippen molar-refractivity contribution >= 4 is 23.4 Å². The van der Waals surface area contributed by atoms with E-state index < -0.39 is 5.92 Å². The summed E-state index contributed by atoms with van der Waals surface area (Å²) in [4.78, 5) is 39.5. The molecule has 1 fully saturated rings. The van der Waals surface area contributed by atoms with E-state index in [9.17, 15) is 14.4 Å². The maximum atomic E-state index is 12.6. The monoisotopic (exact) mass is 317 g/mol. The van der Waals surface area contributed by atoms with Gasteiger partial charge in [-0.2, -0.15) is 0 Å². The third-order valence-electron chi connectivity index (χ3n) is 4.13. The van der Waals surface area contributed by atoms with E-state index in [0.717, 1.165) is 11.3 Å². The average Bonchev–Trinajstić information content (AvgIpc) is 2.94. The fraction of sp³-hybridized carbons (Fsp3) is 0.471. The van der Waals surface area contributed by atoms with E-state index in [1.165, 1.54) is 4.90 Å². The van der Waals surface area contributed by atoms with Crippen molar-refractivity contribution in [3.8, 4) is 0 Å². The number of hydrogen-bond donors (Lipinski definition) is 1. The topological polar surface area (TPSA) is 69.7 Å². The van der Waals surface area contributed by atoms with Crippen molar-refractivity contribution in [2.45, 2.75) is 20.3 Å². The molecule has 0 radical (unpaired) electrons. The second kappa shape index (κ2) is 7.26. The number of carbonyl (C=O) groups excluding carboxylic acids is 3. The van der Waals surface area contributed by atoms with Crippen molar-refractivity contribution in [1.29, 1.82) is 0 Å². The van der Waals surface area contributed by atoms with Gasteiger partial charge in [0.1, 0.15) is 0 Å². The summed E-state index contributed by atoms with van der Waals surface area (Å²) in [6.07, 6.45) is 0.191. The molecule has 1 aliphatic rings. The lowest BCUT2D eigenvalue weighted by Gasteiger charge is -2.23. The summed E-state index contributed by atoms with van der Waals surface area (Å²) in [6, 6.07) is 7.67. The van der Waals surface area contributed by atoms with Crippen LogP contribution in [-0.4, -0.2) is 49.3 Å². The molecule has 1 saturated heterocycles. The van der Waals surface area contributed by atoms with Crippen LogP contribution in [0.25, 0.3) is 0 Å². The summed E-state index contributed by atoms with van der Waals surface area (Å²) >= 11 is 0. The molecular formula is C17H23N3O3. The molecule has 0 aromatic heterocycles. The van der Waals surface area contributed by atoms with Gasteiger partial charge in [-0.3, -0.25) is 14.4 Å². The lowest BCUT2D eigenvalue weighted by Crippen LogP contribution is -2.43. The Morgan fingerprint density at radius 1 is 1.30 bits per heavy atom. The molecule has 23 heavy (non-hydrogen) atoms. The number of amides is 3. The van der Waals surface area contributed by atoms with Crippen LogP contribution in [0.1, 0.15) is 18.9 Å². The van der Waals surface area contributed by atoms with Gasteiger partial charge in [0, 0.05) is 32.2 Å². The number of anilines is 1. The van der Waals surface area contributed by atoms with Crippen molar-refractivity contribution in [3.63, 3.8) is 0 Å². The van der Waals surface area contributed by atoms with Gasteiger partial charge in [-0.15, -0.1) is 0 Å². The second-order valence-corrected chi connectivity index (χ2v) is 5.77. The lowest BCUT2D eigenvalue weighted by atomic mass is 10.1. The van der Waals surface area contributed by atoms with Gasteiger partial charge in [0.05, 0.1) is 12.5 Å². The first-order valence-corrected chi connectivity index (χ1v) is 7.82. The van der Waals surface area contributed by atoms with Crippen LogP contribution >= 0.6 is 0 Å². The SMILES string of the molecule is CCN(CC(=O)NC)C(=O)[C@H]1CC(=O)N(c2ccc(C)cc2)C1. The van der Waals surface area contributed by atoms with Gasteiger partial charge in [0.25, 0.3) is 0 Å². The molecule has 6 heteroatoms. The van der Waals surface area contributed by atoms with Crippen LogP contribution in [0.15, 0.2) is 24.3 Å². The molecule has 0 aliphatic carbocycles. The molecular weight excluding hydrogens is 294 g/mol. The minimum atomic E-state index is -0.395. The van der Waals surface area contributed by atoms with E-state index in [2.05, 4.69) is 5.32 Å². The molecule has 1 aromatic carbocycles. The molecule has 1 aliphatic heterocycles. The first-order chi connectivity index (χ1) is 11.0. The molecule has 0 spiro atoms. The zero-order chi connectivity index (χ0) is 17.0. The highest BCUT2D eigenvalue weighted by molar-refractivity contribution is 6.00. The maximum absolute atomic E-state index is 12.6. The predicted octanol–water partition coefficient (Wildman–Crippen LogP) is 0.942. The van der Waals surface area contributed by atoms with Gasteiger partial charge in [0.2, 0.25) is 17.7 Å². The lowest BCUT2D eigenvalue weighted by molar-refractivity contribution is -0.139. The Balaban J connectivity index is 2.07. The average molecular weight is 317 g/mol. The Morgan fingerprint density at radius 2 is 1.96 bits per heavy atom. The standard InChI is InChI=1S/C17H23N3O3/c1-4-19(11-15(21)18-3)17(23)13-9-16(22)20(10-13)14-7-5-12(2)6-8-14/h5-8,13H,4,9-11H2,1-3H3,(H,18,21)/t13-/m0/s1. The van der Waals surface area contributed by atoms with Crippen molar-refractivity contribution in [3.05, 3.63) is 29.8 Å². The molecule has 1 N–H and O–H groups in total. The molecule has 0 bridgehead atoms. The van der Waals surface area contributed by atoms with E-state index >= 15 is 0 Å². The predicted molar refractivity (Wildman–Crippen MR) is 88.0 cm³/mol. The fourth-order valence-corrected chi connectivity index (χ4v) is 2.70. The van der Waals surface area contributed by atoms with Crippen molar-refractivity contribution < 1.29 is 14.4 Å². The molecule has 3 amide bonds. The zero-order valence-corrected chi connectivity index (χ0v) is 13.8. The zero-order valence-electron chi connectivity index (χ0n) is 13.8. The van der Waals surface area contributed by atoms with E-state index in [1.54, 1.807) is 11.9 Å². The van der Waals surface area contributed by atoms with Crippen LogP contribution < -0.4 is 10.2 Å². The fourth-order valence-electron chi connectivity index (χ4n) is 2.70. The first kappa shape index (κ1) is 17.0. The summed E-state index contributed by atoms with van der Waals surface area (Å²) in [5.41, 5.74) is 1.93. The Labute approximate surface area is 136 Å². The number of rotatable bonds is 5. The number of carbonyl (C=O) groups is 3. The van der Waals surface area contributed by atoms with Crippen LogP contribution in [0.4, 0.5) is 5.69 Å². The summed E-state index contributed by atoms with van der Waals surface area (Å²) in [5.74, 6) is -0.796. The van der Waals surface area contributed by atoms with Crippen LogP contribution in [-0.2, 0) is 14.4 Å². The molecule has 1 atom stereocenters. The van der Waals surface area contributed by atoms with Gasteiger partial charge < -0.3 is 15.1 Å². The van der Waals surface area contributed by atoms with Crippen molar-refractivity contribution in [2.75, 3.05) is 31.6 Å². The van der Waals surface area contributed by atoms with Crippen LogP contribution in [0.5, 0.6) is 0 Å². The quantitative estimate of drug-likeness (QED) is 0.879. The van der Waals surface area contributed by atoms with Gasteiger partial charge >= 0.3 is 0 Å². The molecule has 124 valence electrons. The Morgan fingerprint density at radius 3 is 2.52 bits per heavy atom. The van der Waals surface area contributed by atoms with Crippen molar-refractivity contribution in [2.24, 2.45) is 5.92 Å². The summed E-state index contributed by atoms with van der Waals surface area (Å²) in [7, 11) is 1.54. The maximum Gasteiger partial charge on any atom is 0.239 e. The smallest absolute Gasteiger partial charge is 0.239 e. The van der Waals surface area contributed by atoms with Crippen LogP contribution in [0.2, 0.25) is 0 Å². The first-order valence-electron chi connectivity index (χ1n) is 7.82. The minimum absolute atomic E-state index is 0.0288. The van der Waals surface area contributed by atoms with E-state index in [-0.39, 0.29) is 30.7 Å². The van der Waals surface area contributed by atoms with Gasteiger partial charge in [-0.25, -0.2) is 0 Å². The van der Waals surface area contributed by atoms with Gasteiger partial charge in [-0.1, -0.05) is 17.7 Å². The Kier molecular flexibility index (Phi) is 5.36. The molecule has 6 nitrogen and oxygen atoms in total. The number of hydrogen-bond acceptors (Lipinski definition) is 3. The van der Waals surface area contributed by atoms with E-state index in [1.807, 2.05) is 38.1 Å². The number of benzene rings is 1. The van der Waals surface area contributed by atoms with E-state index in [4.69, 9.17) is 0 Å². The molecule has 1 heterocycles. The van der Waals surface area contributed by atoms with Crippen LogP contribution in [0, 0.1) is 12.8 Å². The largest absolute Gasteiger partial charge is 0.358 e. The summed E-state index contributed by atoms with van der Waals surface area (Å²) in [6.45, 7) is 4.66. The third-order valence-corrected chi connectivity index (χ3v) is 4.13. The van der Waals surface area contributed by atoms with E-state index in [0.29, 0.717) is 13.1 Å². The number of nitrogens with zero attached hydrogens (tertiary/aromatic N) is 2. The molecule has 0 unspecified atom stereocenters. The second-order valence-electron chi connectivity index (χ2n) is 5.77. The third kappa shape index (κ3) is 3.88.